The maximum atomic E-state index is 5.75. The van der Waals surface area contributed by atoms with E-state index in [1.807, 2.05) is 13.8 Å². The second-order valence-corrected chi connectivity index (χ2v) is 3.86. The number of anilines is 1. The zero-order valence-corrected chi connectivity index (χ0v) is 10.5. The van der Waals surface area contributed by atoms with E-state index in [-0.39, 0.29) is 0 Å². The Hall–Kier alpha value is -0.430. The molecule has 0 amide bonds. The molecule has 0 atom stereocenters. The van der Waals surface area contributed by atoms with Crippen molar-refractivity contribution in [3.63, 3.8) is 0 Å². The van der Waals surface area contributed by atoms with E-state index in [4.69, 9.17) is 10.5 Å². The highest BCUT2D eigenvalue weighted by Gasteiger charge is 2.07. The van der Waals surface area contributed by atoms with Gasteiger partial charge in [-0.2, -0.15) is 0 Å². The van der Waals surface area contributed by atoms with Crippen LogP contribution in [0.5, 0.6) is 0 Å². The van der Waals surface area contributed by atoms with Crippen molar-refractivity contribution in [3.8, 4) is 0 Å². The Bertz CT molecular complexity index is 317. The first-order valence-corrected chi connectivity index (χ1v) is 5.65. The number of ether oxygens (including phenoxy) is 1. The summed E-state index contributed by atoms with van der Waals surface area (Å²) in [5, 5.41) is 0. The maximum absolute atomic E-state index is 5.75. The van der Waals surface area contributed by atoms with Gasteiger partial charge in [0, 0.05) is 6.61 Å². The molecule has 0 saturated heterocycles. The molecule has 14 heavy (non-hydrogen) atoms. The fourth-order valence-corrected chi connectivity index (χ4v) is 1.68. The van der Waals surface area contributed by atoms with Crippen molar-refractivity contribution in [1.29, 1.82) is 0 Å². The highest BCUT2D eigenvalue weighted by molar-refractivity contribution is 14.1. The van der Waals surface area contributed by atoms with Gasteiger partial charge in [-0.25, -0.2) is 9.97 Å². The van der Waals surface area contributed by atoms with Crippen LogP contribution in [-0.4, -0.2) is 16.6 Å². The summed E-state index contributed by atoms with van der Waals surface area (Å²) in [7, 11) is 0. The number of aromatic nitrogens is 2. The highest BCUT2D eigenvalue weighted by atomic mass is 127. The third-order valence-corrected chi connectivity index (χ3v) is 2.94. The van der Waals surface area contributed by atoms with Crippen LogP contribution in [-0.2, 0) is 17.8 Å². The van der Waals surface area contributed by atoms with E-state index in [1.54, 1.807) is 0 Å². The highest BCUT2D eigenvalue weighted by Crippen LogP contribution is 2.16. The molecule has 0 bridgehead atoms. The molecule has 1 rings (SSSR count). The molecule has 0 aromatic carbocycles. The molecule has 0 aliphatic carbocycles. The summed E-state index contributed by atoms with van der Waals surface area (Å²) in [6, 6.07) is 0. The molecule has 0 saturated carbocycles. The van der Waals surface area contributed by atoms with E-state index in [2.05, 4.69) is 32.6 Å². The Kier molecular flexibility index (Phi) is 4.53. The first-order chi connectivity index (χ1) is 6.69. The lowest BCUT2D eigenvalue weighted by molar-refractivity contribution is 0.128. The first-order valence-electron chi connectivity index (χ1n) is 4.57. The number of aryl methyl sites for hydroxylation is 1. The minimum absolute atomic E-state index is 0.435. The van der Waals surface area contributed by atoms with Gasteiger partial charge in [-0.05, 0) is 35.9 Å². The van der Waals surface area contributed by atoms with Crippen LogP contribution in [0.1, 0.15) is 25.4 Å². The molecule has 78 valence electrons. The van der Waals surface area contributed by atoms with Crippen LogP contribution in [0.25, 0.3) is 0 Å². The second kappa shape index (κ2) is 5.45. The predicted molar refractivity (Wildman–Crippen MR) is 63.9 cm³/mol. The molecule has 1 heterocycles. The summed E-state index contributed by atoms with van der Waals surface area (Å²) in [4.78, 5) is 8.52. The minimum Gasteiger partial charge on any atom is -0.383 e. The molecular formula is C9H14IN3O. The Labute approximate surface area is 97.4 Å². The molecule has 0 fully saturated rings. The quantitative estimate of drug-likeness (QED) is 0.861. The van der Waals surface area contributed by atoms with Gasteiger partial charge in [0.05, 0.1) is 9.26 Å². The minimum atomic E-state index is 0.435. The lowest BCUT2D eigenvalue weighted by Gasteiger charge is -2.07. The van der Waals surface area contributed by atoms with E-state index < -0.39 is 0 Å². The SMILES string of the molecule is CCOCc1nc(N)c(I)c(CC)n1. The Morgan fingerprint density at radius 1 is 1.36 bits per heavy atom. The van der Waals surface area contributed by atoms with Gasteiger partial charge in [-0.1, -0.05) is 6.92 Å². The van der Waals surface area contributed by atoms with Crippen molar-refractivity contribution < 1.29 is 4.74 Å². The summed E-state index contributed by atoms with van der Waals surface area (Å²) < 4.78 is 6.18. The third kappa shape index (κ3) is 2.78. The zero-order chi connectivity index (χ0) is 10.6. The Morgan fingerprint density at radius 3 is 2.64 bits per heavy atom. The fraction of sp³-hybridized carbons (Fsp3) is 0.556. The van der Waals surface area contributed by atoms with Gasteiger partial charge in [0.15, 0.2) is 5.82 Å². The lowest BCUT2D eigenvalue weighted by Crippen LogP contribution is -2.08. The summed E-state index contributed by atoms with van der Waals surface area (Å²) >= 11 is 2.17. The topological polar surface area (TPSA) is 61.0 Å². The molecule has 1 aromatic rings. The van der Waals surface area contributed by atoms with Gasteiger partial charge in [-0.3, -0.25) is 0 Å². The zero-order valence-electron chi connectivity index (χ0n) is 8.38. The standard InChI is InChI=1S/C9H14IN3O/c1-3-6-8(10)9(11)13-7(12-6)5-14-4-2/h3-5H2,1-2H3,(H2,11,12,13). The summed E-state index contributed by atoms with van der Waals surface area (Å²) in [5.74, 6) is 1.22. The summed E-state index contributed by atoms with van der Waals surface area (Å²) in [5.41, 5.74) is 6.75. The van der Waals surface area contributed by atoms with Gasteiger partial charge >= 0.3 is 0 Å². The van der Waals surface area contributed by atoms with Gasteiger partial charge in [-0.15, -0.1) is 0 Å². The molecule has 0 unspecified atom stereocenters. The number of hydrogen-bond donors (Lipinski definition) is 1. The van der Waals surface area contributed by atoms with Crippen LogP contribution in [0.3, 0.4) is 0 Å². The average Bonchev–Trinajstić information content (AvgIpc) is 2.19. The molecule has 1 aromatic heterocycles. The molecule has 5 heteroatoms. The Balaban J connectivity index is 2.91. The Morgan fingerprint density at radius 2 is 2.07 bits per heavy atom. The van der Waals surface area contributed by atoms with E-state index in [0.29, 0.717) is 24.9 Å². The van der Waals surface area contributed by atoms with Crippen LogP contribution in [0.15, 0.2) is 0 Å². The van der Waals surface area contributed by atoms with Crippen molar-refractivity contribution in [2.45, 2.75) is 26.9 Å². The van der Waals surface area contributed by atoms with Gasteiger partial charge < -0.3 is 10.5 Å². The smallest absolute Gasteiger partial charge is 0.156 e. The summed E-state index contributed by atoms with van der Waals surface area (Å²) in [6.45, 7) is 5.09. The fourth-order valence-electron chi connectivity index (χ4n) is 1.06. The average molecular weight is 307 g/mol. The van der Waals surface area contributed by atoms with Crippen molar-refractivity contribution >= 4 is 28.4 Å². The third-order valence-electron chi connectivity index (χ3n) is 1.76. The number of rotatable bonds is 4. The molecule has 0 spiro atoms. The van der Waals surface area contributed by atoms with Gasteiger partial charge in [0.25, 0.3) is 0 Å². The number of nitrogens with zero attached hydrogens (tertiary/aromatic N) is 2. The molecule has 2 N–H and O–H groups in total. The van der Waals surface area contributed by atoms with Crippen molar-refractivity contribution in [2.75, 3.05) is 12.3 Å². The van der Waals surface area contributed by atoms with Crippen LogP contribution in [0.2, 0.25) is 0 Å². The van der Waals surface area contributed by atoms with Crippen LogP contribution in [0, 0.1) is 3.57 Å². The largest absolute Gasteiger partial charge is 0.383 e. The number of nitrogens with two attached hydrogens (primary N) is 1. The predicted octanol–water partition coefficient (Wildman–Crippen LogP) is 1.76. The van der Waals surface area contributed by atoms with E-state index in [0.717, 1.165) is 15.7 Å². The second-order valence-electron chi connectivity index (χ2n) is 2.78. The number of hydrogen-bond acceptors (Lipinski definition) is 4. The number of nitrogen functional groups attached to an aromatic ring is 1. The van der Waals surface area contributed by atoms with Crippen LogP contribution in [0.4, 0.5) is 5.82 Å². The summed E-state index contributed by atoms with van der Waals surface area (Å²) in [6.07, 6.45) is 0.865. The maximum Gasteiger partial charge on any atom is 0.156 e. The molecule has 0 aliphatic heterocycles. The first kappa shape index (κ1) is 11.6. The van der Waals surface area contributed by atoms with Crippen molar-refractivity contribution in [2.24, 2.45) is 0 Å². The van der Waals surface area contributed by atoms with Crippen molar-refractivity contribution in [1.82, 2.24) is 9.97 Å². The molecular weight excluding hydrogens is 293 g/mol. The van der Waals surface area contributed by atoms with E-state index >= 15 is 0 Å². The monoisotopic (exact) mass is 307 g/mol. The van der Waals surface area contributed by atoms with Gasteiger partial charge in [0.2, 0.25) is 0 Å². The van der Waals surface area contributed by atoms with E-state index in [9.17, 15) is 0 Å². The molecule has 0 aliphatic rings. The molecule has 4 nitrogen and oxygen atoms in total. The van der Waals surface area contributed by atoms with Crippen LogP contribution >= 0.6 is 22.6 Å². The van der Waals surface area contributed by atoms with E-state index in [1.165, 1.54) is 0 Å². The van der Waals surface area contributed by atoms with Crippen LogP contribution < -0.4 is 5.73 Å². The number of halogens is 1. The molecule has 0 radical (unpaired) electrons. The van der Waals surface area contributed by atoms with Crippen molar-refractivity contribution in [3.05, 3.63) is 15.1 Å². The van der Waals surface area contributed by atoms with Gasteiger partial charge in [0.1, 0.15) is 12.4 Å². The normalized spacial score (nSPS) is 10.5. The lowest BCUT2D eigenvalue weighted by atomic mass is 10.3.